The number of benzene rings is 1. The van der Waals surface area contributed by atoms with Gasteiger partial charge in [0.15, 0.2) is 5.65 Å². The number of methoxy groups -OCH3 is 1. The van der Waals surface area contributed by atoms with Crippen LogP contribution in [0.15, 0.2) is 59.7 Å². The van der Waals surface area contributed by atoms with Gasteiger partial charge in [0, 0.05) is 37.0 Å². The van der Waals surface area contributed by atoms with Crippen molar-refractivity contribution >= 4 is 11.6 Å². The Hall–Kier alpha value is -3.94. The van der Waals surface area contributed by atoms with Crippen LogP contribution in [0, 0.1) is 0 Å². The third kappa shape index (κ3) is 3.02. The van der Waals surface area contributed by atoms with E-state index >= 15 is 0 Å². The molecule has 8 nitrogen and oxygen atoms in total. The minimum Gasteiger partial charge on any atom is -0.497 e. The van der Waals surface area contributed by atoms with Gasteiger partial charge < -0.3 is 9.64 Å². The fourth-order valence-corrected chi connectivity index (χ4v) is 3.75. The number of hydrogen-bond acceptors (Lipinski definition) is 5. The number of nitrogens with one attached hydrogen (secondary N) is 1. The summed E-state index contributed by atoms with van der Waals surface area (Å²) < 4.78 is 6.64. The summed E-state index contributed by atoms with van der Waals surface area (Å²) in [6.07, 6.45) is 3.72. The lowest BCUT2D eigenvalue weighted by molar-refractivity contribution is 0.0732. The molecular weight excluding hydrogens is 382 g/mol. The molecule has 30 heavy (non-hydrogen) atoms. The lowest BCUT2D eigenvalue weighted by Crippen LogP contribution is -2.40. The number of nitrogens with zero attached hydrogens (tertiary/aromatic N) is 4. The summed E-state index contributed by atoms with van der Waals surface area (Å²) >= 11 is 0. The Morgan fingerprint density at radius 2 is 1.90 bits per heavy atom. The highest BCUT2D eigenvalue weighted by Crippen LogP contribution is 2.23. The molecule has 0 spiro atoms. The number of H-pyrrole nitrogens is 1. The number of aromatic amines is 1. The largest absolute Gasteiger partial charge is 0.497 e. The lowest BCUT2D eigenvalue weighted by Gasteiger charge is -2.27. The Balaban J connectivity index is 1.50. The van der Waals surface area contributed by atoms with Crippen LogP contribution in [0.3, 0.4) is 0 Å². The molecule has 0 saturated carbocycles. The van der Waals surface area contributed by atoms with Crippen molar-refractivity contribution in [3.05, 3.63) is 82.0 Å². The number of ether oxygens (including phenoxy) is 1. The SMILES string of the molecule is COc1ccc(-c2cc3nc4c(c(=O)n3[nH]2)CN(C(=O)c2ccncc2)CC4)cc1. The fourth-order valence-electron chi connectivity index (χ4n) is 3.75. The van der Waals surface area contributed by atoms with Crippen LogP contribution >= 0.6 is 0 Å². The zero-order valence-corrected chi connectivity index (χ0v) is 16.3. The fraction of sp³-hybridized carbons (Fsp3) is 0.182. The van der Waals surface area contributed by atoms with Gasteiger partial charge in [0.25, 0.3) is 11.5 Å². The second kappa shape index (κ2) is 7.14. The van der Waals surface area contributed by atoms with Gasteiger partial charge in [0.05, 0.1) is 30.6 Å². The average molecular weight is 401 g/mol. The molecule has 0 atom stereocenters. The highest BCUT2D eigenvalue weighted by molar-refractivity contribution is 5.94. The Bertz CT molecular complexity index is 1290. The van der Waals surface area contributed by atoms with Gasteiger partial charge in [-0.3, -0.25) is 19.7 Å². The van der Waals surface area contributed by atoms with Crippen LogP contribution in [0.25, 0.3) is 16.9 Å². The van der Waals surface area contributed by atoms with Gasteiger partial charge >= 0.3 is 0 Å². The molecule has 0 aliphatic carbocycles. The van der Waals surface area contributed by atoms with E-state index in [4.69, 9.17) is 4.74 Å². The number of hydrogen-bond donors (Lipinski definition) is 1. The average Bonchev–Trinajstić information content (AvgIpc) is 3.23. The van der Waals surface area contributed by atoms with Gasteiger partial charge in [-0.2, -0.15) is 0 Å². The van der Waals surface area contributed by atoms with Gasteiger partial charge in [0.2, 0.25) is 0 Å². The first-order valence-electron chi connectivity index (χ1n) is 9.61. The number of pyridine rings is 1. The summed E-state index contributed by atoms with van der Waals surface area (Å²) in [6.45, 7) is 0.759. The van der Waals surface area contributed by atoms with Crippen molar-refractivity contribution in [1.29, 1.82) is 0 Å². The summed E-state index contributed by atoms with van der Waals surface area (Å²) in [5.74, 6) is 0.650. The number of fused-ring (bicyclic) bond motifs is 2. The topological polar surface area (TPSA) is 92.6 Å². The highest BCUT2D eigenvalue weighted by atomic mass is 16.5. The summed E-state index contributed by atoms with van der Waals surface area (Å²) in [6, 6.07) is 12.8. The van der Waals surface area contributed by atoms with Gasteiger partial charge in [-0.25, -0.2) is 9.50 Å². The zero-order valence-electron chi connectivity index (χ0n) is 16.3. The first-order valence-corrected chi connectivity index (χ1v) is 9.61. The molecule has 4 heterocycles. The molecule has 150 valence electrons. The molecule has 1 N–H and O–H groups in total. The van der Waals surface area contributed by atoms with E-state index in [0.29, 0.717) is 29.7 Å². The first-order chi connectivity index (χ1) is 14.6. The minimum absolute atomic E-state index is 0.113. The van der Waals surface area contributed by atoms with Crippen LogP contribution in [-0.2, 0) is 13.0 Å². The van der Waals surface area contributed by atoms with Gasteiger partial charge in [-0.15, -0.1) is 0 Å². The smallest absolute Gasteiger partial charge is 0.277 e. The highest BCUT2D eigenvalue weighted by Gasteiger charge is 2.26. The molecule has 1 aliphatic heterocycles. The van der Waals surface area contributed by atoms with E-state index in [0.717, 1.165) is 22.7 Å². The zero-order chi connectivity index (χ0) is 20.7. The molecule has 0 radical (unpaired) electrons. The maximum absolute atomic E-state index is 13.1. The van der Waals surface area contributed by atoms with E-state index in [-0.39, 0.29) is 18.0 Å². The molecular formula is C22H19N5O3. The summed E-state index contributed by atoms with van der Waals surface area (Å²) in [7, 11) is 1.62. The standard InChI is InChI=1S/C22H19N5O3/c1-30-16-4-2-14(3-5-16)19-12-20-24-18-8-11-26(13-17(18)22(29)27(20)25-19)21(28)15-6-9-23-10-7-15/h2-7,9-10,12,25H,8,11,13H2,1H3. The molecule has 4 aromatic rings. The second-order valence-electron chi connectivity index (χ2n) is 7.15. The third-order valence-corrected chi connectivity index (χ3v) is 5.38. The van der Waals surface area contributed by atoms with Gasteiger partial charge in [0.1, 0.15) is 5.75 Å². The van der Waals surface area contributed by atoms with Crippen molar-refractivity contribution in [2.75, 3.05) is 13.7 Å². The van der Waals surface area contributed by atoms with Crippen LogP contribution in [0.1, 0.15) is 21.6 Å². The predicted octanol–water partition coefficient (Wildman–Crippen LogP) is 2.29. The van der Waals surface area contributed by atoms with Crippen LogP contribution in [-0.4, -0.2) is 44.0 Å². The molecule has 1 aromatic carbocycles. The molecule has 3 aromatic heterocycles. The van der Waals surface area contributed by atoms with Crippen LogP contribution in [0.4, 0.5) is 0 Å². The van der Waals surface area contributed by atoms with E-state index in [1.54, 1.807) is 36.5 Å². The van der Waals surface area contributed by atoms with Crippen LogP contribution in [0.2, 0.25) is 0 Å². The number of carbonyl (C=O) groups excluding carboxylic acids is 1. The predicted molar refractivity (Wildman–Crippen MR) is 110 cm³/mol. The quantitative estimate of drug-likeness (QED) is 0.569. The first kappa shape index (κ1) is 18.1. The normalized spacial score (nSPS) is 13.3. The van der Waals surface area contributed by atoms with E-state index in [9.17, 15) is 9.59 Å². The second-order valence-corrected chi connectivity index (χ2v) is 7.15. The van der Waals surface area contributed by atoms with E-state index in [1.165, 1.54) is 4.52 Å². The third-order valence-electron chi connectivity index (χ3n) is 5.38. The molecule has 8 heteroatoms. The Morgan fingerprint density at radius 1 is 1.13 bits per heavy atom. The molecule has 0 unspecified atom stereocenters. The van der Waals surface area contributed by atoms with Crippen molar-refractivity contribution in [3.8, 4) is 17.0 Å². The van der Waals surface area contributed by atoms with Crippen molar-refractivity contribution in [3.63, 3.8) is 0 Å². The van der Waals surface area contributed by atoms with Crippen molar-refractivity contribution in [1.82, 2.24) is 24.5 Å². The summed E-state index contributed by atoms with van der Waals surface area (Å²) in [5.41, 5.74) is 3.95. The minimum atomic E-state index is -0.179. The van der Waals surface area contributed by atoms with Crippen LogP contribution in [0.5, 0.6) is 5.75 Å². The molecule has 1 aliphatic rings. The Kier molecular flexibility index (Phi) is 4.31. The van der Waals surface area contributed by atoms with Gasteiger partial charge in [-0.1, -0.05) is 0 Å². The number of amides is 1. The molecule has 0 saturated heterocycles. The number of rotatable bonds is 3. The monoisotopic (exact) mass is 401 g/mol. The molecule has 0 bridgehead atoms. The van der Waals surface area contributed by atoms with Crippen molar-refractivity contribution < 1.29 is 9.53 Å². The van der Waals surface area contributed by atoms with E-state index in [2.05, 4.69) is 15.1 Å². The molecule has 0 fully saturated rings. The molecule has 5 rings (SSSR count). The lowest BCUT2D eigenvalue weighted by atomic mass is 10.1. The van der Waals surface area contributed by atoms with Crippen molar-refractivity contribution in [2.45, 2.75) is 13.0 Å². The Morgan fingerprint density at radius 3 is 2.63 bits per heavy atom. The van der Waals surface area contributed by atoms with E-state index in [1.807, 2.05) is 30.3 Å². The molecule has 1 amide bonds. The maximum atomic E-state index is 13.1. The summed E-state index contributed by atoms with van der Waals surface area (Å²) in [5, 5.41) is 3.13. The van der Waals surface area contributed by atoms with Crippen molar-refractivity contribution in [2.24, 2.45) is 0 Å². The Labute approximate surface area is 171 Å². The summed E-state index contributed by atoms with van der Waals surface area (Å²) in [4.78, 5) is 36.2. The van der Waals surface area contributed by atoms with Gasteiger partial charge in [-0.05, 0) is 42.0 Å². The maximum Gasteiger partial charge on any atom is 0.277 e. The van der Waals surface area contributed by atoms with Crippen LogP contribution < -0.4 is 10.3 Å². The van der Waals surface area contributed by atoms with E-state index < -0.39 is 0 Å². The number of carbonyl (C=O) groups is 1. The number of aromatic nitrogens is 4.